The van der Waals surface area contributed by atoms with Crippen molar-refractivity contribution in [2.75, 3.05) is 4.90 Å². The Morgan fingerprint density at radius 1 is 0.591 bits per heavy atom. The molecule has 66 heavy (non-hydrogen) atoms. The minimum Gasteiger partial charge on any atom is -0.477 e. The molecule has 0 fully saturated rings. The first kappa shape index (κ1) is 44.8. The van der Waals surface area contributed by atoms with Crippen molar-refractivity contribution in [2.45, 2.75) is 116 Å². The second-order valence-electron chi connectivity index (χ2n) is 18.4. The first-order valence-electron chi connectivity index (χ1n) is 24.2. The predicted octanol–water partition coefficient (Wildman–Crippen LogP) is 17.4. The number of anilines is 3. The number of hydrogen-bond acceptors (Lipinski definition) is 5. The number of carbonyl (C=O) groups is 1. The van der Waals surface area contributed by atoms with Crippen molar-refractivity contribution in [1.82, 2.24) is 0 Å². The van der Waals surface area contributed by atoms with E-state index in [0.29, 0.717) is 11.5 Å². The van der Waals surface area contributed by atoms with E-state index in [2.05, 4.69) is 148 Å². The SMILES string of the molecule is CCCCC1(CCCC)c2ccccc2-c2ccc(N(c3ccc(-c4ccc(-c5ccc(/C=C(\C#N)C(=O)O)o5)s4)cc3)c3ccc4c(c3)C(CCCC)(CCCC)c3ccccc3-4)cc21. The zero-order valence-electron chi connectivity index (χ0n) is 38.8. The highest BCUT2D eigenvalue weighted by atomic mass is 32.1. The second-order valence-corrected chi connectivity index (χ2v) is 19.4. The molecule has 2 aliphatic carbocycles. The van der Waals surface area contributed by atoms with Gasteiger partial charge in [-0.05, 0) is 136 Å². The molecule has 2 aromatic heterocycles. The molecule has 7 aromatic rings. The average molecular weight is 889 g/mol. The van der Waals surface area contributed by atoms with Gasteiger partial charge in [0.05, 0.1) is 4.88 Å². The van der Waals surface area contributed by atoms with Crippen LogP contribution in [-0.2, 0) is 15.6 Å². The molecular formula is C60H60N2O3S. The van der Waals surface area contributed by atoms with Gasteiger partial charge in [-0.25, -0.2) is 4.79 Å². The highest BCUT2D eigenvalue weighted by molar-refractivity contribution is 7.18. The molecule has 6 heteroatoms. The third kappa shape index (κ3) is 8.02. The van der Waals surface area contributed by atoms with Gasteiger partial charge >= 0.3 is 5.97 Å². The number of hydrogen-bond donors (Lipinski definition) is 1. The van der Waals surface area contributed by atoms with E-state index in [-0.39, 0.29) is 16.4 Å². The fourth-order valence-corrected chi connectivity index (χ4v) is 12.1. The molecule has 5 nitrogen and oxygen atoms in total. The van der Waals surface area contributed by atoms with Crippen LogP contribution in [0.5, 0.6) is 0 Å². The van der Waals surface area contributed by atoms with Gasteiger partial charge in [0.15, 0.2) is 0 Å². The molecule has 0 atom stereocenters. The van der Waals surface area contributed by atoms with Gasteiger partial charge in [-0.3, -0.25) is 0 Å². The molecule has 0 saturated carbocycles. The third-order valence-corrected chi connectivity index (χ3v) is 15.5. The maximum absolute atomic E-state index is 11.4. The fourth-order valence-electron chi connectivity index (χ4n) is 11.1. The summed E-state index contributed by atoms with van der Waals surface area (Å²) >= 11 is 1.62. The van der Waals surface area contributed by atoms with E-state index >= 15 is 0 Å². The molecular weight excluding hydrogens is 829 g/mol. The summed E-state index contributed by atoms with van der Waals surface area (Å²) in [5.41, 5.74) is 15.6. The van der Waals surface area contributed by atoms with E-state index in [1.54, 1.807) is 23.5 Å². The van der Waals surface area contributed by atoms with E-state index in [0.717, 1.165) is 46.7 Å². The number of benzene rings is 5. The molecule has 1 N–H and O–H groups in total. The summed E-state index contributed by atoms with van der Waals surface area (Å²) in [6.45, 7) is 9.29. The Labute approximate surface area is 395 Å². The van der Waals surface area contributed by atoms with Gasteiger partial charge < -0.3 is 14.4 Å². The molecule has 0 unspecified atom stereocenters. The Morgan fingerprint density at radius 3 is 1.55 bits per heavy atom. The van der Waals surface area contributed by atoms with Crippen molar-refractivity contribution >= 4 is 40.4 Å². The maximum Gasteiger partial charge on any atom is 0.346 e. The lowest BCUT2D eigenvalue weighted by Crippen LogP contribution is -2.26. The number of carboxylic acid groups (broad SMARTS) is 1. The van der Waals surface area contributed by atoms with Crippen LogP contribution in [0.15, 0.2) is 143 Å². The number of furan rings is 1. The zero-order valence-corrected chi connectivity index (χ0v) is 39.6. The number of unbranched alkanes of at least 4 members (excludes halogenated alkanes) is 4. The third-order valence-electron chi connectivity index (χ3n) is 14.4. The van der Waals surface area contributed by atoms with Crippen molar-refractivity contribution in [3.8, 4) is 49.4 Å². The Morgan fingerprint density at radius 2 is 1.06 bits per heavy atom. The van der Waals surface area contributed by atoms with Gasteiger partial charge in [0, 0.05) is 38.8 Å². The predicted molar refractivity (Wildman–Crippen MR) is 274 cm³/mol. The lowest BCUT2D eigenvalue weighted by atomic mass is 9.70. The molecule has 0 spiro atoms. The maximum atomic E-state index is 11.4. The summed E-state index contributed by atoms with van der Waals surface area (Å²) in [7, 11) is 0. The first-order valence-corrected chi connectivity index (χ1v) is 25.0. The summed E-state index contributed by atoms with van der Waals surface area (Å²) < 4.78 is 5.98. The minimum absolute atomic E-state index is 0.0330. The van der Waals surface area contributed by atoms with Crippen molar-refractivity contribution in [3.05, 3.63) is 167 Å². The standard InChI is InChI=1S/C60H60N2O3S/c1-5-9-33-59(34-10-6-2)51-19-15-13-17-47(51)49-28-25-44(38-53(49)59)62(45-26-29-50-48-18-14-16-20-52(48)60(35-11-7-3,36-12-8-4)54(50)39-45)43-23-21-41(22-24-43)56-31-32-57(66-56)55-30-27-46(65-55)37-42(40-61)58(63)64/h13-32,37-39H,5-12,33-36H2,1-4H3,(H,63,64)/b42-37+. The van der Waals surface area contributed by atoms with E-state index in [4.69, 9.17) is 4.42 Å². The second kappa shape index (κ2) is 19.2. The van der Waals surface area contributed by atoms with Crippen molar-refractivity contribution in [2.24, 2.45) is 0 Å². The molecule has 0 saturated heterocycles. The summed E-state index contributed by atoms with van der Waals surface area (Å²) in [4.78, 5) is 16.0. The van der Waals surface area contributed by atoms with E-state index in [9.17, 15) is 15.2 Å². The van der Waals surface area contributed by atoms with Crippen LogP contribution in [-0.4, -0.2) is 11.1 Å². The highest BCUT2D eigenvalue weighted by Crippen LogP contribution is 2.58. The molecule has 0 radical (unpaired) electrons. The van der Waals surface area contributed by atoms with E-state index < -0.39 is 5.97 Å². The number of rotatable bonds is 19. The molecule has 0 amide bonds. The Balaban J connectivity index is 1.17. The van der Waals surface area contributed by atoms with Crippen LogP contribution in [0.2, 0.25) is 0 Å². The number of nitriles is 1. The molecule has 334 valence electrons. The van der Waals surface area contributed by atoms with Crippen LogP contribution < -0.4 is 4.90 Å². The van der Waals surface area contributed by atoms with Gasteiger partial charge in [0.1, 0.15) is 23.2 Å². The largest absolute Gasteiger partial charge is 0.477 e. The van der Waals surface area contributed by atoms with Crippen LogP contribution in [0.25, 0.3) is 49.4 Å². The van der Waals surface area contributed by atoms with Crippen LogP contribution in [0.3, 0.4) is 0 Å². The van der Waals surface area contributed by atoms with Crippen LogP contribution in [0, 0.1) is 11.3 Å². The zero-order chi connectivity index (χ0) is 45.8. The smallest absolute Gasteiger partial charge is 0.346 e. The Hall–Kier alpha value is -6.42. The van der Waals surface area contributed by atoms with Gasteiger partial charge in [-0.1, -0.05) is 152 Å². The van der Waals surface area contributed by atoms with Crippen molar-refractivity contribution in [3.63, 3.8) is 0 Å². The van der Waals surface area contributed by atoms with E-state index in [1.807, 2.05) is 12.1 Å². The van der Waals surface area contributed by atoms with Gasteiger partial charge in [0.25, 0.3) is 0 Å². The summed E-state index contributed by atoms with van der Waals surface area (Å²) in [6, 6.07) is 51.4. The topological polar surface area (TPSA) is 77.5 Å². The fraction of sp³-hybridized carbons (Fsp3) is 0.300. The average Bonchev–Trinajstić information content (AvgIpc) is 4.14. The number of nitrogens with zero attached hydrogens (tertiary/aromatic N) is 2. The number of thiophene rings is 1. The molecule has 2 heterocycles. The lowest BCUT2D eigenvalue weighted by molar-refractivity contribution is -0.132. The van der Waals surface area contributed by atoms with Crippen molar-refractivity contribution in [1.29, 1.82) is 5.26 Å². The van der Waals surface area contributed by atoms with Crippen LogP contribution in [0.4, 0.5) is 17.1 Å². The minimum atomic E-state index is -1.28. The molecule has 5 aromatic carbocycles. The summed E-state index contributed by atoms with van der Waals surface area (Å²) in [6.07, 6.45) is 15.2. The summed E-state index contributed by atoms with van der Waals surface area (Å²) in [5, 5.41) is 18.6. The molecule has 0 bridgehead atoms. The van der Waals surface area contributed by atoms with Crippen LogP contribution >= 0.6 is 11.3 Å². The quantitative estimate of drug-likeness (QED) is 0.0646. The first-order chi connectivity index (χ1) is 32.3. The molecule has 9 rings (SSSR count). The van der Waals surface area contributed by atoms with Gasteiger partial charge in [-0.15, -0.1) is 11.3 Å². The summed E-state index contributed by atoms with van der Waals surface area (Å²) in [5.74, 6) is -0.322. The normalized spacial score (nSPS) is 14.0. The molecule has 2 aliphatic rings. The van der Waals surface area contributed by atoms with Crippen molar-refractivity contribution < 1.29 is 14.3 Å². The Kier molecular flexibility index (Phi) is 13.0. The monoisotopic (exact) mass is 888 g/mol. The highest BCUT2D eigenvalue weighted by Gasteiger charge is 2.44. The molecule has 0 aliphatic heterocycles. The van der Waals surface area contributed by atoms with E-state index in [1.165, 1.54) is 113 Å². The van der Waals surface area contributed by atoms with Crippen LogP contribution in [0.1, 0.15) is 133 Å². The number of fused-ring (bicyclic) bond motifs is 6. The van der Waals surface area contributed by atoms with Gasteiger partial charge in [-0.2, -0.15) is 5.26 Å². The lowest BCUT2D eigenvalue weighted by Gasteiger charge is -2.35. The number of aliphatic carboxylic acids is 1. The number of carboxylic acids is 1. The Bertz CT molecular complexity index is 2810. The van der Waals surface area contributed by atoms with Gasteiger partial charge in [0.2, 0.25) is 0 Å².